The summed E-state index contributed by atoms with van der Waals surface area (Å²) in [5, 5.41) is 0. The number of hydrogen-bond donors (Lipinski definition) is 0. The van der Waals surface area contributed by atoms with Gasteiger partial charge < -0.3 is 0 Å². The Hall–Kier alpha value is 5.04. The van der Waals surface area contributed by atoms with Gasteiger partial charge in [-0.25, -0.2) is 0 Å². The summed E-state index contributed by atoms with van der Waals surface area (Å²) in [5.41, 5.74) is 0. The second-order valence-corrected chi connectivity index (χ2v) is 298. The van der Waals surface area contributed by atoms with E-state index in [1.54, 1.807) is 0 Å². The van der Waals surface area contributed by atoms with Crippen molar-refractivity contribution in [1.82, 2.24) is 0 Å². The number of halogens is 6. The minimum absolute atomic E-state index is 2.44. The van der Waals surface area contributed by atoms with E-state index >= 15 is 0 Å². The van der Waals surface area contributed by atoms with Crippen LogP contribution in [0.2, 0.25) is 0 Å². The van der Waals surface area contributed by atoms with Gasteiger partial charge in [0.2, 0.25) is 0 Å². The summed E-state index contributed by atoms with van der Waals surface area (Å²) in [5.74, 6) is 0. The molecule has 0 aliphatic heterocycles. The van der Waals surface area contributed by atoms with E-state index in [-0.39, 0.29) is 0 Å². The Morgan fingerprint density at radius 2 is 0.571 bits per heavy atom. The third-order valence-corrected chi connectivity index (χ3v) is 0. The summed E-state index contributed by atoms with van der Waals surface area (Å²) in [6.07, 6.45) is 0. The van der Waals surface area contributed by atoms with Gasteiger partial charge >= 0.3 is 108 Å². The van der Waals surface area contributed by atoms with E-state index in [0.717, 1.165) is 0 Å². The Bertz CT molecular complexity index is 62.7. The maximum atomic E-state index is 2.58. The van der Waals surface area contributed by atoms with E-state index in [9.17, 15) is 0 Å². The average Bonchev–Trinajstić information content (AvgIpc) is 0.592. The normalized spacial score (nSPS) is 23.1. The first kappa shape index (κ1) is 12.0. The second kappa shape index (κ2) is 2.77. The molecule has 0 heterocycles. The van der Waals surface area contributed by atoms with Crippen LogP contribution in [0.5, 0.6) is 0 Å². The molecule has 0 aromatic carbocycles. The molecule has 0 aromatic rings. The zero-order valence-electron chi connectivity index (χ0n) is 2.65. The molecule has 0 bridgehead atoms. The van der Waals surface area contributed by atoms with E-state index in [0.29, 0.717) is 0 Å². The van der Waals surface area contributed by atoms with E-state index in [4.69, 9.17) is 0 Å². The van der Waals surface area contributed by atoms with Crippen molar-refractivity contribution in [2.45, 2.75) is 0 Å². The van der Waals surface area contributed by atoms with E-state index in [1.165, 1.54) is 0 Å². The molecule has 0 saturated carbocycles. The van der Waals surface area contributed by atoms with E-state index in [1.807, 2.05) is 0 Å². The molecule has 0 aliphatic carbocycles. The Labute approximate surface area is 104 Å². The van der Waals surface area contributed by atoms with Crippen LogP contribution in [-0.4, -0.2) is 0 Å². The zero-order chi connectivity index (χ0) is 6.41. The van der Waals surface area contributed by atoms with Crippen LogP contribution in [0.3, 0.4) is 0 Å². The monoisotopic (exact) mass is 948 g/mol. The second-order valence-electron chi connectivity index (χ2n) is 0.810. The summed E-state index contributed by atoms with van der Waals surface area (Å²) in [6.45, 7) is 0. The Balaban J connectivity index is 4.43. The van der Waals surface area contributed by atoms with Gasteiger partial charge in [-0.05, 0) is 0 Å². The predicted molar refractivity (Wildman–Crippen MR) is 84.1 cm³/mol. The topological polar surface area (TPSA) is 0 Å². The fraction of sp³-hybridized carbons (Fsp3) is 0. The third-order valence-electron chi connectivity index (χ3n) is 0. The first-order valence-electron chi connectivity index (χ1n) is 0.857. The van der Waals surface area contributed by atoms with Crippen LogP contribution < -0.4 is 0 Å². The van der Waals surface area contributed by atoms with Crippen LogP contribution in [0.4, 0.5) is 0 Å². The molecule has 7 heavy (non-hydrogen) atoms. The molecule has 0 aromatic heterocycles. The fourth-order valence-corrected chi connectivity index (χ4v) is 0. The quantitative estimate of drug-likeness (QED) is 0.290. The summed E-state index contributed by atoms with van der Waals surface area (Å²) in [4.78, 5) is 0. The Morgan fingerprint density at radius 1 is 0.571 bits per heavy atom. The van der Waals surface area contributed by atoms with Gasteiger partial charge in [-0.1, -0.05) is 0 Å². The van der Waals surface area contributed by atoms with Crippen molar-refractivity contribution in [2.24, 2.45) is 0 Å². The average molecular weight is 948 g/mol. The molecule has 0 saturated heterocycles. The van der Waals surface area contributed by atoms with Gasteiger partial charge in [-0.3, -0.25) is 0 Å². The van der Waals surface area contributed by atoms with E-state index in [2.05, 4.69) is 117 Å². The third kappa shape index (κ3) is 35.5. The Morgan fingerprint density at radius 3 is 0.571 bits per heavy atom. The van der Waals surface area contributed by atoms with Crippen molar-refractivity contribution in [3.8, 4) is 0 Å². The molecule has 0 aliphatic rings. The van der Waals surface area contributed by atoms with Gasteiger partial charge in [0.1, 0.15) is 0 Å². The van der Waals surface area contributed by atoms with Crippen molar-refractivity contribution in [3.05, 3.63) is 0 Å². The van der Waals surface area contributed by atoms with Crippen molar-refractivity contribution in [3.63, 3.8) is 0 Å². The standard InChI is InChI=1S/6HI.Re/h6*1H;/q;;;;;;+6/p-6. The van der Waals surface area contributed by atoms with Crippen molar-refractivity contribution < 1.29 is -8.59 Å². The first-order chi connectivity index (χ1) is 2.45. The summed E-state index contributed by atoms with van der Waals surface area (Å²) >= 11 is 15.5. The number of hydrogen-bond acceptors (Lipinski definition) is 0. The maximum absolute atomic E-state index is 2.58. The van der Waals surface area contributed by atoms with Gasteiger partial charge in [0.25, 0.3) is 0 Å². The Kier molecular flexibility index (Phi) is 4.77. The molecule has 0 rings (SSSR count). The molecular formula is I6Re. The van der Waals surface area contributed by atoms with Crippen molar-refractivity contribution in [2.75, 3.05) is 0 Å². The fourth-order valence-electron chi connectivity index (χ4n) is 0. The van der Waals surface area contributed by atoms with Crippen LogP contribution >= 0.6 is 117 Å². The molecule has 0 amide bonds. The van der Waals surface area contributed by atoms with Gasteiger partial charge in [0.15, 0.2) is 0 Å². The molecule has 0 radical (unpaired) electrons. The molecule has 0 nitrogen and oxygen atoms in total. The van der Waals surface area contributed by atoms with Gasteiger partial charge in [-0.2, -0.15) is 0 Å². The van der Waals surface area contributed by atoms with Crippen LogP contribution in [0.1, 0.15) is 0 Å². The molecule has 49 valence electrons. The molecule has 0 unspecified atom stereocenters. The molecular weight excluding hydrogens is 948 g/mol. The van der Waals surface area contributed by atoms with Gasteiger partial charge in [0.05, 0.1) is 0 Å². The van der Waals surface area contributed by atoms with Crippen LogP contribution in [0, 0.1) is 0 Å². The predicted octanol–water partition coefficient (Wildman–Crippen LogP) is 5.31. The summed E-state index contributed by atoms with van der Waals surface area (Å²) in [6, 6.07) is 0. The SMILES string of the molecule is [I][Re]([I])([I])([I])([I])[I]. The number of rotatable bonds is 0. The van der Waals surface area contributed by atoms with E-state index < -0.39 is -8.59 Å². The molecule has 0 atom stereocenters. The van der Waals surface area contributed by atoms with Crippen LogP contribution in [0.25, 0.3) is 0 Å². The molecule has 0 N–H and O–H groups in total. The summed E-state index contributed by atoms with van der Waals surface area (Å²) < 4.78 is -2.44. The van der Waals surface area contributed by atoms with Crippen LogP contribution in [-0.2, 0) is -8.59 Å². The van der Waals surface area contributed by atoms with Crippen molar-refractivity contribution >= 4 is 117 Å². The molecule has 0 fully saturated rings. The molecule has 7 heteroatoms. The van der Waals surface area contributed by atoms with Gasteiger partial charge in [-0.15, -0.1) is 0 Å². The minimum atomic E-state index is -2.44. The molecule has 0 spiro atoms. The summed E-state index contributed by atoms with van der Waals surface area (Å²) in [7, 11) is 0. The van der Waals surface area contributed by atoms with Crippen molar-refractivity contribution in [1.29, 1.82) is 0 Å². The zero-order valence-corrected chi connectivity index (χ0v) is 18.3. The van der Waals surface area contributed by atoms with Gasteiger partial charge in [0, 0.05) is 0 Å². The first-order valence-corrected chi connectivity index (χ1v) is 47.1. The van der Waals surface area contributed by atoms with Crippen LogP contribution in [0.15, 0.2) is 0 Å².